The average Bonchev–Trinajstić information content (AvgIpc) is 2.34. The predicted molar refractivity (Wildman–Crippen MR) is 80.8 cm³/mol. The molecule has 21 heavy (non-hydrogen) atoms. The van der Waals surface area contributed by atoms with E-state index in [0.29, 0.717) is 6.42 Å². The Morgan fingerprint density at radius 3 is 2.43 bits per heavy atom. The van der Waals surface area contributed by atoms with Gasteiger partial charge in [0.2, 0.25) is 0 Å². The molecule has 0 atom stereocenters. The highest BCUT2D eigenvalue weighted by atomic mass is 31.2. The monoisotopic (exact) mass is 306 g/mol. The highest BCUT2D eigenvalue weighted by Crippen LogP contribution is 2.48. The highest BCUT2D eigenvalue weighted by Gasteiger charge is 2.39. The largest absolute Gasteiger partial charge is 0.332 e. The van der Waals surface area contributed by atoms with Crippen LogP contribution in [0.3, 0.4) is 0 Å². The van der Waals surface area contributed by atoms with Crippen molar-refractivity contribution in [1.29, 1.82) is 0 Å². The zero-order chi connectivity index (χ0) is 15.3. The number of hydrogen-bond donors (Lipinski definition) is 2. The lowest BCUT2D eigenvalue weighted by molar-refractivity contribution is -0.120. The van der Waals surface area contributed by atoms with Crippen molar-refractivity contribution in [1.82, 2.24) is 0 Å². The van der Waals surface area contributed by atoms with Gasteiger partial charge in [-0.1, -0.05) is 36.5 Å². The van der Waals surface area contributed by atoms with Crippen molar-refractivity contribution in [3.8, 4) is 11.8 Å². The van der Waals surface area contributed by atoms with E-state index < -0.39 is 13.8 Å². The van der Waals surface area contributed by atoms with Crippen molar-refractivity contribution in [2.45, 2.75) is 32.1 Å². The molecule has 5 heteroatoms. The molecule has 1 aliphatic carbocycles. The van der Waals surface area contributed by atoms with E-state index in [1.807, 2.05) is 30.3 Å². The molecule has 2 rings (SSSR count). The van der Waals surface area contributed by atoms with Crippen molar-refractivity contribution in [2.75, 3.05) is 6.16 Å². The first kappa shape index (κ1) is 16.0. The van der Waals surface area contributed by atoms with Crippen LogP contribution in [0.5, 0.6) is 0 Å². The van der Waals surface area contributed by atoms with Crippen LogP contribution in [0.1, 0.15) is 37.7 Å². The van der Waals surface area contributed by atoms with Crippen LogP contribution < -0.4 is 0 Å². The molecule has 0 aliphatic heterocycles. The van der Waals surface area contributed by atoms with Crippen LogP contribution in [0.2, 0.25) is 0 Å². The summed E-state index contributed by atoms with van der Waals surface area (Å²) < 4.78 is 10.9. The summed E-state index contributed by atoms with van der Waals surface area (Å²) in [6, 6.07) is 9.64. The maximum absolute atomic E-state index is 11.8. The van der Waals surface area contributed by atoms with Gasteiger partial charge in [-0.15, -0.1) is 0 Å². The van der Waals surface area contributed by atoms with Crippen LogP contribution in [0.25, 0.3) is 0 Å². The zero-order valence-electron chi connectivity index (χ0n) is 11.8. The zero-order valence-corrected chi connectivity index (χ0v) is 12.7. The third kappa shape index (κ3) is 5.13. The van der Waals surface area contributed by atoms with Gasteiger partial charge < -0.3 is 9.79 Å². The molecule has 1 aromatic carbocycles. The molecule has 2 N–H and O–H groups in total. The fourth-order valence-corrected chi connectivity index (χ4v) is 3.22. The topological polar surface area (TPSA) is 74.6 Å². The second kappa shape index (κ2) is 6.58. The molecule has 112 valence electrons. The van der Waals surface area contributed by atoms with Crippen LogP contribution in [0.4, 0.5) is 0 Å². The van der Waals surface area contributed by atoms with Gasteiger partial charge in [-0.2, -0.15) is 0 Å². The maximum Gasteiger partial charge on any atom is 0.332 e. The minimum Gasteiger partial charge on any atom is -0.324 e. The molecule has 0 bridgehead atoms. The lowest BCUT2D eigenvalue weighted by Gasteiger charge is -2.40. The summed E-state index contributed by atoms with van der Waals surface area (Å²) in [5.74, 6) is 5.83. The number of carbonyl (C=O) groups is 1. The van der Waals surface area contributed by atoms with Gasteiger partial charge in [0.25, 0.3) is 0 Å². The number of hydrogen-bond acceptors (Lipinski definition) is 2. The summed E-state index contributed by atoms with van der Waals surface area (Å²) in [7, 11) is -4.25. The fraction of sp³-hybridized carbons (Fsp3) is 0.438. The molecule has 0 spiro atoms. The standard InChI is InChI=1S/C16H19O4P/c17-15(13-21(18,19)20)12-16(10-5-11-16)9-4-8-14-6-2-1-3-7-14/h1-3,6-7H,5,9-13H2,(H2,18,19,20). The van der Waals surface area contributed by atoms with Crippen molar-refractivity contribution in [3.63, 3.8) is 0 Å². The van der Waals surface area contributed by atoms with E-state index in [0.717, 1.165) is 24.8 Å². The van der Waals surface area contributed by atoms with E-state index in [4.69, 9.17) is 9.79 Å². The Kier molecular flexibility index (Phi) is 5.00. The quantitative estimate of drug-likeness (QED) is 0.648. The Bertz CT molecular complexity index is 602. The van der Waals surface area contributed by atoms with Crippen LogP contribution >= 0.6 is 7.60 Å². The maximum atomic E-state index is 11.8. The van der Waals surface area contributed by atoms with Gasteiger partial charge in [-0.3, -0.25) is 9.36 Å². The number of carbonyl (C=O) groups excluding carboxylic acids is 1. The third-order valence-electron chi connectivity index (χ3n) is 3.84. The van der Waals surface area contributed by atoms with Gasteiger partial charge in [0.05, 0.1) is 0 Å². The van der Waals surface area contributed by atoms with Crippen LogP contribution in [0, 0.1) is 17.3 Å². The average molecular weight is 306 g/mol. The summed E-state index contributed by atoms with van der Waals surface area (Å²) in [6.45, 7) is 0. The summed E-state index contributed by atoms with van der Waals surface area (Å²) in [5, 5.41) is 0. The second-order valence-electron chi connectivity index (χ2n) is 5.74. The number of Topliss-reactive ketones (excluding diaryl/α,β-unsaturated/α-hetero) is 1. The molecule has 0 heterocycles. The smallest absolute Gasteiger partial charge is 0.324 e. The number of ketones is 1. The molecule has 0 aromatic heterocycles. The highest BCUT2D eigenvalue weighted by molar-refractivity contribution is 7.52. The molecule has 1 saturated carbocycles. The first-order chi connectivity index (χ1) is 9.89. The summed E-state index contributed by atoms with van der Waals surface area (Å²) >= 11 is 0. The molecule has 1 aliphatic rings. The molecule has 0 amide bonds. The number of benzene rings is 1. The number of rotatable bonds is 5. The molecule has 1 aromatic rings. The van der Waals surface area contributed by atoms with Crippen LogP contribution in [0.15, 0.2) is 30.3 Å². The third-order valence-corrected chi connectivity index (χ3v) is 4.60. The Hall–Kier alpha value is -1.40. The van der Waals surface area contributed by atoms with E-state index in [1.54, 1.807) is 0 Å². The molecule has 0 radical (unpaired) electrons. The first-order valence-electron chi connectivity index (χ1n) is 6.99. The Balaban J connectivity index is 1.95. The van der Waals surface area contributed by atoms with Crippen LogP contribution in [-0.4, -0.2) is 21.7 Å². The molecular formula is C16H19O4P. The lowest BCUT2D eigenvalue weighted by Crippen LogP contribution is -2.32. The van der Waals surface area contributed by atoms with Gasteiger partial charge in [0, 0.05) is 18.4 Å². The Morgan fingerprint density at radius 2 is 1.90 bits per heavy atom. The minimum atomic E-state index is -4.25. The first-order valence-corrected chi connectivity index (χ1v) is 8.79. The van der Waals surface area contributed by atoms with Gasteiger partial charge in [-0.05, 0) is 30.4 Å². The molecule has 0 unspecified atom stereocenters. The van der Waals surface area contributed by atoms with Crippen molar-refractivity contribution < 1.29 is 19.1 Å². The van der Waals surface area contributed by atoms with E-state index in [1.165, 1.54) is 0 Å². The van der Waals surface area contributed by atoms with Crippen LogP contribution in [-0.2, 0) is 9.36 Å². The molecular weight excluding hydrogens is 287 g/mol. The van der Waals surface area contributed by atoms with E-state index in [-0.39, 0.29) is 17.6 Å². The van der Waals surface area contributed by atoms with Gasteiger partial charge >= 0.3 is 7.60 Å². The summed E-state index contributed by atoms with van der Waals surface area (Å²) in [6.07, 6.45) is 3.04. The predicted octanol–water partition coefficient (Wildman–Crippen LogP) is 2.74. The molecule has 1 fully saturated rings. The van der Waals surface area contributed by atoms with Gasteiger partial charge in [0.1, 0.15) is 11.9 Å². The Morgan fingerprint density at radius 1 is 1.24 bits per heavy atom. The van der Waals surface area contributed by atoms with E-state index >= 15 is 0 Å². The Labute approximate surface area is 124 Å². The second-order valence-corrected chi connectivity index (χ2v) is 7.38. The minimum absolute atomic E-state index is 0.173. The normalized spacial score (nSPS) is 16.5. The van der Waals surface area contributed by atoms with E-state index in [2.05, 4.69) is 11.8 Å². The van der Waals surface area contributed by atoms with Crippen molar-refractivity contribution >= 4 is 13.4 Å². The van der Waals surface area contributed by atoms with Gasteiger partial charge in [0.15, 0.2) is 0 Å². The summed E-state index contributed by atoms with van der Waals surface area (Å²) in [4.78, 5) is 29.5. The van der Waals surface area contributed by atoms with E-state index in [9.17, 15) is 9.36 Å². The fourth-order valence-electron chi connectivity index (χ4n) is 2.65. The lowest BCUT2D eigenvalue weighted by atomic mass is 9.64. The van der Waals surface area contributed by atoms with Crippen molar-refractivity contribution in [3.05, 3.63) is 35.9 Å². The van der Waals surface area contributed by atoms with Gasteiger partial charge in [-0.25, -0.2) is 0 Å². The summed E-state index contributed by atoms with van der Waals surface area (Å²) in [5.41, 5.74) is 0.766. The molecule has 0 saturated heterocycles. The van der Waals surface area contributed by atoms with Crippen molar-refractivity contribution in [2.24, 2.45) is 5.41 Å². The SMILES string of the molecule is O=C(CC1(CC#Cc2ccccc2)CCC1)CP(=O)(O)O. The molecule has 4 nitrogen and oxygen atoms in total.